The number of amides is 1. The van der Waals surface area contributed by atoms with Gasteiger partial charge in [0.2, 0.25) is 0 Å². The average molecular weight is 390 g/mol. The summed E-state index contributed by atoms with van der Waals surface area (Å²) in [7, 11) is 0. The van der Waals surface area contributed by atoms with Crippen molar-refractivity contribution >= 4 is 23.3 Å². The van der Waals surface area contributed by atoms with E-state index in [0.717, 1.165) is 11.1 Å². The van der Waals surface area contributed by atoms with Gasteiger partial charge in [-0.2, -0.15) is 0 Å². The lowest BCUT2D eigenvalue weighted by Gasteiger charge is -2.30. The Morgan fingerprint density at radius 1 is 1.30 bits per heavy atom. The van der Waals surface area contributed by atoms with Gasteiger partial charge in [-0.3, -0.25) is 0 Å². The molecule has 140 valence electrons. The standard InChI is InChI=1S/C20H17ClFNO4/c21-13-4-5-15(16(22)10-13)18-11-26-17-3-1-2-14(19(17)27-18)12-6-8-23(9-7-12)20(24)25/h1-6,10,18H,7-9,11H2,(H,24,25). The first-order chi connectivity index (χ1) is 13.0. The molecule has 27 heavy (non-hydrogen) atoms. The number of ether oxygens (including phenoxy) is 2. The van der Waals surface area contributed by atoms with E-state index in [1.165, 1.54) is 11.0 Å². The van der Waals surface area contributed by atoms with Crippen LogP contribution in [0.2, 0.25) is 5.02 Å². The van der Waals surface area contributed by atoms with Crippen molar-refractivity contribution in [2.75, 3.05) is 19.7 Å². The van der Waals surface area contributed by atoms with Crippen LogP contribution in [0.15, 0.2) is 42.5 Å². The molecule has 1 amide bonds. The number of carbonyl (C=O) groups is 1. The van der Waals surface area contributed by atoms with Crippen LogP contribution < -0.4 is 9.47 Å². The van der Waals surface area contributed by atoms with Crippen LogP contribution in [0.4, 0.5) is 9.18 Å². The Kier molecular flexibility index (Phi) is 4.66. The van der Waals surface area contributed by atoms with Crippen molar-refractivity contribution < 1.29 is 23.8 Å². The summed E-state index contributed by atoms with van der Waals surface area (Å²) in [5.74, 6) is 0.712. The highest BCUT2D eigenvalue weighted by Gasteiger charge is 2.28. The molecule has 1 atom stereocenters. The van der Waals surface area contributed by atoms with Crippen LogP contribution in [0, 0.1) is 5.82 Å². The van der Waals surface area contributed by atoms with Gasteiger partial charge in [0.1, 0.15) is 12.4 Å². The summed E-state index contributed by atoms with van der Waals surface area (Å²) in [6.45, 7) is 0.937. The second kappa shape index (κ2) is 7.12. The van der Waals surface area contributed by atoms with Crippen LogP contribution in [-0.4, -0.2) is 35.8 Å². The van der Waals surface area contributed by atoms with Crippen molar-refractivity contribution in [1.29, 1.82) is 0 Å². The Bertz CT molecular complexity index is 930. The highest BCUT2D eigenvalue weighted by Crippen LogP contribution is 2.43. The maximum Gasteiger partial charge on any atom is 0.407 e. The number of hydrogen-bond acceptors (Lipinski definition) is 3. The zero-order valence-corrected chi connectivity index (χ0v) is 15.1. The number of benzene rings is 2. The minimum absolute atomic E-state index is 0.195. The van der Waals surface area contributed by atoms with Crippen molar-refractivity contribution in [2.45, 2.75) is 12.5 Å². The van der Waals surface area contributed by atoms with Gasteiger partial charge >= 0.3 is 6.09 Å². The van der Waals surface area contributed by atoms with Crippen LogP contribution in [0.3, 0.4) is 0 Å². The third-order valence-corrected chi connectivity index (χ3v) is 5.00. The molecule has 2 aromatic carbocycles. The molecule has 0 bridgehead atoms. The zero-order valence-electron chi connectivity index (χ0n) is 14.3. The predicted octanol–water partition coefficient (Wildman–Crippen LogP) is 4.76. The number of hydrogen-bond donors (Lipinski definition) is 1. The Morgan fingerprint density at radius 2 is 2.15 bits per heavy atom. The first-order valence-electron chi connectivity index (χ1n) is 8.57. The highest BCUT2D eigenvalue weighted by atomic mass is 35.5. The molecular formula is C20H17ClFNO4. The van der Waals surface area contributed by atoms with Crippen molar-refractivity contribution in [2.24, 2.45) is 0 Å². The van der Waals surface area contributed by atoms with Crippen LogP contribution in [-0.2, 0) is 0 Å². The Balaban J connectivity index is 1.64. The quantitative estimate of drug-likeness (QED) is 0.804. The van der Waals surface area contributed by atoms with E-state index in [9.17, 15) is 9.18 Å². The number of fused-ring (bicyclic) bond motifs is 1. The van der Waals surface area contributed by atoms with Gasteiger partial charge in [-0.1, -0.05) is 35.9 Å². The molecule has 5 nitrogen and oxygen atoms in total. The molecule has 2 heterocycles. The number of carboxylic acid groups (broad SMARTS) is 1. The van der Waals surface area contributed by atoms with E-state index in [1.54, 1.807) is 18.2 Å². The number of halogens is 2. The molecule has 2 aromatic rings. The second-order valence-electron chi connectivity index (χ2n) is 6.42. The highest BCUT2D eigenvalue weighted by molar-refractivity contribution is 6.30. The monoisotopic (exact) mass is 389 g/mol. The van der Waals surface area contributed by atoms with E-state index in [2.05, 4.69) is 0 Å². The SMILES string of the molecule is O=C(O)N1CC=C(c2cccc3c2OC(c2ccc(Cl)cc2F)CO3)CC1. The van der Waals surface area contributed by atoms with Crippen molar-refractivity contribution in [3.8, 4) is 11.5 Å². The van der Waals surface area contributed by atoms with Crippen LogP contribution in [0.1, 0.15) is 23.7 Å². The van der Waals surface area contributed by atoms with E-state index >= 15 is 0 Å². The topological polar surface area (TPSA) is 59.0 Å². The predicted molar refractivity (Wildman–Crippen MR) is 98.9 cm³/mol. The molecule has 0 fully saturated rings. The summed E-state index contributed by atoms with van der Waals surface area (Å²) in [6.07, 6.45) is 0.934. The van der Waals surface area contributed by atoms with Gasteiger partial charge in [0.25, 0.3) is 0 Å². The van der Waals surface area contributed by atoms with Crippen molar-refractivity contribution in [3.05, 3.63) is 64.4 Å². The average Bonchev–Trinajstić information content (AvgIpc) is 2.67. The zero-order chi connectivity index (χ0) is 19.0. The summed E-state index contributed by atoms with van der Waals surface area (Å²) < 4.78 is 26.2. The summed E-state index contributed by atoms with van der Waals surface area (Å²) in [5.41, 5.74) is 2.22. The van der Waals surface area contributed by atoms with Gasteiger partial charge in [-0.25, -0.2) is 9.18 Å². The molecule has 7 heteroatoms. The molecule has 2 aliphatic heterocycles. The van der Waals surface area contributed by atoms with Crippen LogP contribution in [0.25, 0.3) is 5.57 Å². The van der Waals surface area contributed by atoms with E-state index in [1.807, 2.05) is 18.2 Å². The first-order valence-corrected chi connectivity index (χ1v) is 8.95. The van der Waals surface area contributed by atoms with Gasteiger partial charge in [-0.05, 0) is 30.2 Å². The molecule has 1 N–H and O–H groups in total. The van der Waals surface area contributed by atoms with Gasteiger partial charge in [0, 0.05) is 29.2 Å². The lowest BCUT2D eigenvalue weighted by molar-refractivity contribution is 0.0882. The van der Waals surface area contributed by atoms with E-state index in [4.69, 9.17) is 26.2 Å². The smallest absolute Gasteiger partial charge is 0.407 e. The number of nitrogens with zero attached hydrogens (tertiary/aromatic N) is 1. The van der Waals surface area contributed by atoms with Gasteiger partial charge in [0.05, 0.1) is 0 Å². The molecule has 0 spiro atoms. The summed E-state index contributed by atoms with van der Waals surface area (Å²) in [5, 5.41) is 9.42. The largest absolute Gasteiger partial charge is 0.485 e. The van der Waals surface area contributed by atoms with Gasteiger partial charge in [0.15, 0.2) is 17.6 Å². The third kappa shape index (κ3) is 3.45. The fourth-order valence-electron chi connectivity index (χ4n) is 3.35. The Labute approximate surface area is 160 Å². The maximum atomic E-state index is 14.3. The van der Waals surface area contributed by atoms with Crippen molar-refractivity contribution in [1.82, 2.24) is 4.90 Å². The molecule has 2 aliphatic rings. The second-order valence-corrected chi connectivity index (χ2v) is 6.86. The molecule has 1 unspecified atom stereocenters. The summed E-state index contributed by atoms with van der Waals surface area (Å²) in [6, 6.07) is 10.1. The molecule has 0 saturated heterocycles. The molecular weight excluding hydrogens is 373 g/mol. The number of para-hydroxylation sites is 1. The molecule has 0 radical (unpaired) electrons. The third-order valence-electron chi connectivity index (χ3n) is 4.76. The fraction of sp³-hybridized carbons (Fsp3) is 0.250. The molecule has 0 aliphatic carbocycles. The Hall–Kier alpha value is -2.73. The lowest BCUT2D eigenvalue weighted by Crippen LogP contribution is -2.33. The molecule has 4 rings (SSSR count). The fourth-order valence-corrected chi connectivity index (χ4v) is 3.51. The normalized spacial score (nSPS) is 18.8. The van der Waals surface area contributed by atoms with E-state index in [-0.39, 0.29) is 6.61 Å². The van der Waals surface area contributed by atoms with Gasteiger partial charge < -0.3 is 19.5 Å². The minimum atomic E-state index is -0.932. The van der Waals surface area contributed by atoms with E-state index in [0.29, 0.717) is 41.6 Å². The Morgan fingerprint density at radius 3 is 2.85 bits per heavy atom. The minimum Gasteiger partial charge on any atom is -0.485 e. The van der Waals surface area contributed by atoms with Crippen LogP contribution >= 0.6 is 11.6 Å². The summed E-state index contributed by atoms with van der Waals surface area (Å²) in [4.78, 5) is 12.4. The molecule has 0 saturated carbocycles. The molecule has 0 aromatic heterocycles. The maximum absolute atomic E-state index is 14.3. The van der Waals surface area contributed by atoms with E-state index < -0.39 is 18.0 Å². The van der Waals surface area contributed by atoms with Crippen LogP contribution in [0.5, 0.6) is 11.5 Å². The van der Waals surface area contributed by atoms with Gasteiger partial charge in [-0.15, -0.1) is 0 Å². The number of rotatable bonds is 2. The summed E-state index contributed by atoms with van der Waals surface area (Å²) >= 11 is 5.83. The first kappa shape index (κ1) is 17.7. The van der Waals surface area contributed by atoms with Crippen molar-refractivity contribution in [3.63, 3.8) is 0 Å². The lowest BCUT2D eigenvalue weighted by atomic mass is 9.97.